The lowest BCUT2D eigenvalue weighted by Crippen LogP contribution is -2.03. The molecule has 0 aliphatic carbocycles. The lowest BCUT2D eigenvalue weighted by molar-refractivity contribution is 0.182. The molecule has 0 saturated heterocycles. The fourth-order valence-electron chi connectivity index (χ4n) is 2.04. The maximum absolute atomic E-state index is 14.0. The number of hydrogen-bond acceptors (Lipinski definition) is 3. The first-order chi connectivity index (χ1) is 8.67. The number of aryl methyl sites for hydroxylation is 1. The van der Waals surface area contributed by atoms with Gasteiger partial charge in [0.05, 0.1) is 23.2 Å². The third-order valence-electron chi connectivity index (χ3n) is 2.82. The van der Waals surface area contributed by atoms with E-state index in [0.29, 0.717) is 17.5 Å². The van der Waals surface area contributed by atoms with E-state index in [-0.39, 0.29) is 5.82 Å². The summed E-state index contributed by atoms with van der Waals surface area (Å²) in [4.78, 5) is 4.46. The van der Waals surface area contributed by atoms with Crippen molar-refractivity contribution in [2.24, 2.45) is 0 Å². The average molecular weight is 248 g/mol. The van der Waals surface area contributed by atoms with Crippen LogP contribution in [0.5, 0.6) is 0 Å². The molecular formula is C14H17FN2O. The van der Waals surface area contributed by atoms with E-state index in [1.54, 1.807) is 13.2 Å². The van der Waals surface area contributed by atoms with Gasteiger partial charge in [-0.1, -0.05) is 6.07 Å². The topological polar surface area (TPSA) is 34.1 Å². The van der Waals surface area contributed by atoms with Crippen molar-refractivity contribution in [3.63, 3.8) is 0 Å². The van der Waals surface area contributed by atoms with Crippen molar-refractivity contribution < 1.29 is 9.13 Å². The third-order valence-corrected chi connectivity index (χ3v) is 2.82. The molecule has 0 radical (unpaired) electrons. The van der Waals surface area contributed by atoms with Gasteiger partial charge in [-0.2, -0.15) is 0 Å². The van der Waals surface area contributed by atoms with Gasteiger partial charge in [0.1, 0.15) is 5.82 Å². The number of fused-ring (bicyclic) bond motifs is 1. The van der Waals surface area contributed by atoms with Crippen LogP contribution in [0.4, 0.5) is 10.1 Å². The minimum Gasteiger partial charge on any atom is -0.385 e. The molecule has 4 heteroatoms. The Labute approximate surface area is 106 Å². The summed E-state index contributed by atoms with van der Waals surface area (Å²) < 4.78 is 19.1. The molecule has 0 aliphatic rings. The van der Waals surface area contributed by atoms with Crippen molar-refractivity contribution in [1.82, 2.24) is 4.98 Å². The second-order valence-corrected chi connectivity index (χ2v) is 4.21. The van der Waals surface area contributed by atoms with Crippen molar-refractivity contribution in [1.29, 1.82) is 0 Å². The lowest BCUT2D eigenvalue weighted by Gasteiger charge is -2.12. The van der Waals surface area contributed by atoms with Crippen LogP contribution in [-0.2, 0) is 11.3 Å². The third kappa shape index (κ3) is 2.29. The van der Waals surface area contributed by atoms with E-state index >= 15 is 0 Å². The molecule has 0 fully saturated rings. The van der Waals surface area contributed by atoms with Gasteiger partial charge in [0.2, 0.25) is 0 Å². The van der Waals surface area contributed by atoms with Gasteiger partial charge in [0.25, 0.3) is 0 Å². The van der Waals surface area contributed by atoms with E-state index in [4.69, 9.17) is 4.74 Å². The monoisotopic (exact) mass is 248 g/mol. The Morgan fingerprint density at radius 2 is 2.17 bits per heavy atom. The Morgan fingerprint density at radius 3 is 2.83 bits per heavy atom. The molecule has 1 aromatic heterocycles. The van der Waals surface area contributed by atoms with Crippen molar-refractivity contribution in [3.8, 4) is 0 Å². The van der Waals surface area contributed by atoms with Crippen LogP contribution in [0.3, 0.4) is 0 Å². The van der Waals surface area contributed by atoms with Gasteiger partial charge in [-0.15, -0.1) is 0 Å². The summed E-state index contributed by atoms with van der Waals surface area (Å²) in [6.07, 6.45) is 0. The number of pyridine rings is 1. The van der Waals surface area contributed by atoms with Crippen LogP contribution >= 0.6 is 0 Å². The van der Waals surface area contributed by atoms with Gasteiger partial charge in [-0.25, -0.2) is 9.37 Å². The summed E-state index contributed by atoms with van der Waals surface area (Å²) in [5.74, 6) is -0.247. The molecule has 1 aromatic carbocycles. The largest absolute Gasteiger partial charge is 0.385 e. The van der Waals surface area contributed by atoms with Crippen LogP contribution in [0.15, 0.2) is 18.2 Å². The number of hydrogen-bond donors (Lipinski definition) is 1. The second-order valence-electron chi connectivity index (χ2n) is 4.21. The number of ether oxygens (including phenoxy) is 1. The van der Waals surface area contributed by atoms with Crippen LogP contribution in [0.2, 0.25) is 0 Å². The molecule has 1 heterocycles. The fourth-order valence-corrected chi connectivity index (χ4v) is 2.04. The summed E-state index contributed by atoms with van der Waals surface area (Å²) in [6, 6.07) is 5.07. The zero-order chi connectivity index (χ0) is 13.1. The molecular weight excluding hydrogens is 231 g/mol. The number of nitrogens with zero attached hydrogens (tertiary/aromatic N) is 1. The molecule has 96 valence electrons. The van der Waals surface area contributed by atoms with Gasteiger partial charge in [-0.05, 0) is 31.5 Å². The Bertz CT molecular complexity index is 569. The molecule has 2 rings (SSSR count). The molecule has 0 saturated carbocycles. The molecule has 0 bridgehead atoms. The molecule has 0 amide bonds. The van der Waals surface area contributed by atoms with Gasteiger partial charge < -0.3 is 10.1 Å². The van der Waals surface area contributed by atoms with E-state index in [2.05, 4.69) is 10.3 Å². The standard InChI is InChI=1S/C14H17FN2O/c1-4-16-12-7-10(8-18-3)17-14-9(2)5-6-11(15)13(12)14/h5-7H,4,8H2,1-3H3,(H,16,17). The van der Waals surface area contributed by atoms with E-state index in [1.165, 1.54) is 6.07 Å². The highest BCUT2D eigenvalue weighted by Gasteiger charge is 2.11. The number of benzene rings is 1. The molecule has 0 atom stereocenters. The predicted molar refractivity (Wildman–Crippen MR) is 71.3 cm³/mol. The van der Waals surface area contributed by atoms with Gasteiger partial charge in [0.15, 0.2) is 0 Å². The molecule has 18 heavy (non-hydrogen) atoms. The Hall–Kier alpha value is -1.68. The molecule has 2 aromatic rings. The highest BCUT2D eigenvalue weighted by molar-refractivity contribution is 5.93. The van der Waals surface area contributed by atoms with Crippen LogP contribution in [0.1, 0.15) is 18.2 Å². The smallest absolute Gasteiger partial charge is 0.134 e. The second kappa shape index (κ2) is 5.31. The number of aromatic nitrogens is 1. The maximum atomic E-state index is 14.0. The molecule has 1 N–H and O–H groups in total. The quantitative estimate of drug-likeness (QED) is 0.901. The van der Waals surface area contributed by atoms with Gasteiger partial charge in [-0.3, -0.25) is 0 Å². The minimum absolute atomic E-state index is 0.247. The number of rotatable bonds is 4. The first kappa shape index (κ1) is 12.8. The SMILES string of the molecule is CCNc1cc(COC)nc2c(C)ccc(F)c12. The molecule has 0 spiro atoms. The number of halogens is 1. The van der Waals surface area contributed by atoms with Gasteiger partial charge in [0, 0.05) is 19.3 Å². The average Bonchev–Trinajstić information content (AvgIpc) is 2.34. The highest BCUT2D eigenvalue weighted by atomic mass is 19.1. The lowest BCUT2D eigenvalue weighted by atomic mass is 10.1. The minimum atomic E-state index is -0.247. The fraction of sp³-hybridized carbons (Fsp3) is 0.357. The molecule has 0 unspecified atom stereocenters. The Balaban J connectivity index is 2.72. The first-order valence-corrected chi connectivity index (χ1v) is 5.99. The van der Waals surface area contributed by atoms with Crippen LogP contribution in [-0.4, -0.2) is 18.6 Å². The van der Waals surface area contributed by atoms with E-state index in [0.717, 1.165) is 23.5 Å². The highest BCUT2D eigenvalue weighted by Crippen LogP contribution is 2.28. The Morgan fingerprint density at radius 1 is 1.39 bits per heavy atom. The Kier molecular flexibility index (Phi) is 3.77. The van der Waals surface area contributed by atoms with E-state index < -0.39 is 0 Å². The molecule has 3 nitrogen and oxygen atoms in total. The van der Waals surface area contributed by atoms with Crippen LogP contribution < -0.4 is 5.32 Å². The summed E-state index contributed by atoms with van der Waals surface area (Å²) in [7, 11) is 1.62. The predicted octanol–water partition coefficient (Wildman–Crippen LogP) is 3.26. The van der Waals surface area contributed by atoms with Crippen LogP contribution in [0.25, 0.3) is 10.9 Å². The van der Waals surface area contributed by atoms with Crippen molar-refractivity contribution in [3.05, 3.63) is 35.3 Å². The number of anilines is 1. The summed E-state index contributed by atoms with van der Waals surface area (Å²) in [5, 5.41) is 3.73. The first-order valence-electron chi connectivity index (χ1n) is 5.99. The normalized spacial score (nSPS) is 10.9. The zero-order valence-corrected chi connectivity index (χ0v) is 10.9. The summed E-state index contributed by atoms with van der Waals surface area (Å²) in [6.45, 7) is 5.07. The van der Waals surface area contributed by atoms with Crippen molar-refractivity contribution in [2.45, 2.75) is 20.5 Å². The van der Waals surface area contributed by atoms with E-state index in [1.807, 2.05) is 19.9 Å². The van der Waals surface area contributed by atoms with Gasteiger partial charge >= 0.3 is 0 Å². The van der Waals surface area contributed by atoms with E-state index in [9.17, 15) is 4.39 Å². The van der Waals surface area contributed by atoms with Crippen molar-refractivity contribution in [2.75, 3.05) is 19.0 Å². The number of nitrogens with one attached hydrogen (secondary N) is 1. The summed E-state index contributed by atoms with van der Waals surface area (Å²) in [5.41, 5.74) is 3.23. The van der Waals surface area contributed by atoms with Crippen LogP contribution in [0, 0.1) is 12.7 Å². The maximum Gasteiger partial charge on any atom is 0.134 e. The van der Waals surface area contributed by atoms with Crippen molar-refractivity contribution >= 4 is 16.6 Å². The zero-order valence-electron chi connectivity index (χ0n) is 10.9. The summed E-state index contributed by atoms with van der Waals surface area (Å²) >= 11 is 0. The molecule has 0 aliphatic heterocycles. The number of methoxy groups -OCH3 is 1.